The number of aliphatic hydroxyl groups is 1. The van der Waals surface area contributed by atoms with E-state index >= 15 is 0 Å². The molecule has 3 rings (SSSR count). The Balaban J connectivity index is 1.71. The fraction of sp³-hybridized carbons (Fsp3) is 0.571. The van der Waals surface area contributed by atoms with Crippen molar-refractivity contribution in [2.24, 2.45) is 0 Å². The Bertz CT molecular complexity index is 581. The highest BCUT2D eigenvalue weighted by molar-refractivity contribution is 5.87. The van der Waals surface area contributed by atoms with Crippen LogP contribution in [-0.4, -0.2) is 63.3 Å². The monoisotopic (exact) mass is 275 g/mol. The largest absolute Gasteiger partial charge is 0.389 e. The van der Waals surface area contributed by atoms with E-state index in [1.54, 1.807) is 6.33 Å². The number of nitrogens with zero attached hydrogens (tertiary/aromatic N) is 4. The van der Waals surface area contributed by atoms with Crippen molar-refractivity contribution in [3.05, 3.63) is 18.6 Å². The lowest BCUT2D eigenvalue weighted by Gasteiger charge is -2.37. The minimum atomic E-state index is -0.634. The molecule has 0 bridgehead atoms. The van der Waals surface area contributed by atoms with E-state index in [4.69, 9.17) is 0 Å². The van der Waals surface area contributed by atoms with Gasteiger partial charge in [0.2, 0.25) is 0 Å². The lowest BCUT2D eigenvalue weighted by Crippen LogP contribution is -2.50. The molecule has 20 heavy (non-hydrogen) atoms. The summed E-state index contributed by atoms with van der Waals surface area (Å²) >= 11 is 0. The molecule has 3 heterocycles. The number of anilines is 1. The number of hydrogen-bond donors (Lipinski definition) is 2. The zero-order valence-corrected chi connectivity index (χ0v) is 12.0. The number of β-amino-alcohol motifs (C(OH)–C–C–N with tert-alkyl or cyclic N) is 1. The van der Waals surface area contributed by atoms with Crippen LogP contribution in [0.4, 0.5) is 5.82 Å². The highest BCUT2D eigenvalue weighted by atomic mass is 16.3. The maximum Gasteiger partial charge on any atom is 0.142 e. The number of aromatic nitrogens is 3. The Morgan fingerprint density at radius 3 is 2.70 bits per heavy atom. The maximum atomic E-state index is 9.89. The summed E-state index contributed by atoms with van der Waals surface area (Å²) < 4.78 is 0. The molecule has 1 aliphatic rings. The number of fused-ring (bicyclic) bond motifs is 1. The normalized spacial score (nSPS) is 17.9. The van der Waals surface area contributed by atoms with Gasteiger partial charge in [0, 0.05) is 38.9 Å². The molecule has 0 amide bonds. The lowest BCUT2D eigenvalue weighted by molar-refractivity contribution is 0.0345. The van der Waals surface area contributed by atoms with Crippen molar-refractivity contribution in [3.8, 4) is 0 Å². The minimum Gasteiger partial charge on any atom is -0.389 e. The summed E-state index contributed by atoms with van der Waals surface area (Å²) in [6, 6.07) is 2.02. The van der Waals surface area contributed by atoms with Gasteiger partial charge in [-0.05, 0) is 19.9 Å². The van der Waals surface area contributed by atoms with Crippen molar-refractivity contribution < 1.29 is 5.11 Å². The van der Waals surface area contributed by atoms with E-state index in [9.17, 15) is 5.11 Å². The smallest absolute Gasteiger partial charge is 0.142 e. The molecule has 6 nitrogen and oxygen atoms in total. The first kappa shape index (κ1) is 13.3. The van der Waals surface area contributed by atoms with Gasteiger partial charge in [0.1, 0.15) is 17.8 Å². The fourth-order valence-electron chi connectivity index (χ4n) is 2.78. The maximum absolute atomic E-state index is 9.89. The second-order valence-corrected chi connectivity index (χ2v) is 6.01. The molecule has 1 saturated heterocycles. The van der Waals surface area contributed by atoms with Gasteiger partial charge >= 0.3 is 0 Å². The van der Waals surface area contributed by atoms with Crippen LogP contribution in [0, 0.1) is 0 Å². The van der Waals surface area contributed by atoms with Gasteiger partial charge in [0.05, 0.1) is 11.0 Å². The molecule has 0 atom stereocenters. The number of aromatic amines is 1. The van der Waals surface area contributed by atoms with Gasteiger partial charge in [-0.2, -0.15) is 0 Å². The Morgan fingerprint density at radius 2 is 2.00 bits per heavy atom. The summed E-state index contributed by atoms with van der Waals surface area (Å²) in [5, 5.41) is 11.0. The average Bonchev–Trinajstić information content (AvgIpc) is 2.86. The number of nitrogens with one attached hydrogen (secondary N) is 1. The molecule has 0 unspecified atom stereocenters. The van der Waals surface area contributed by atoms with Crippen molar-refractivity contribution in [1.82, 2.24) is 19.9 Å². The number of rotatable bonds is 3. The second-order valence-electron chi connectivity index (χ2n) is 6.01. The predicted molar refractivity (Wildman–Crippen MR) is 78.8 cm³/mol. The Kier molecular flexibility index (Phi) is 3.35. The van der Waals surface area contributed by atoms with Crippen LogP contribution >= 0.6 is 0 Å². The van der Waals surface area contributed by atoms with Crippen LogP contribution in [-0.2, 0) is 0 Å². The first-order chi connectivity index (χ1) is 9.53. The molecule has 6 heteroatoms. The number of hydrogen-bond acceptors (Lipinski definition) is 5. The molecule has 0 radical (unpaired) electrons. The van der Waals surface area contributed by atoms with Gasteiger partial charge < -0.3 is 15.0 Å². The Hall–Kier alpha value is -1.66. The molecule has 0 saturated carbocycles. The molecule has 1 fully saturated rings. The van der Waals surface area contributed by atoms with Gasteiger partial charge in [0.15, 0.2) is 0 Å². The van der Waals surface area contributed by atoms with Crippen molar-refractivity contribution in [2.45, 2.75) is 19.4 Å². The summed E-state index contributed by atoms with van der Waals surface area (Å²) in [5.41, 5.74) is 0.249. The van der Waals surface area contributed by atoms with Crippen LogP contribution < -0.4 is 4.90 Å². The van der Waals surface area contributed by atoms with E-state index in [-0.39, 0.29) is 0 Å². The summed E-state index contributed by atoms with van der Waals surface area (Å²) in [6.45, 7) is 8.16. The third kappa shape index (κ3) is 2.76. The van der Waals surface area contributed by atoms with Gasteiger partial charge in [-0.3, -0.25) is 4.90 Å². The van der Waals surface area contributed by atoms with Crippen LogP contribution in [0.15, 0.2) is 18.6 Å². The molecule has 0 aliphatic carbocycles. The van der Waals surface area contributed by atoms with Gasteiger partial charge in [-0.1, -0.05) is 0 Å². The van der Waals surface area contributed by atoms with Crippen LogP contribution in [0.2, 0.25) is 0 Å². The molecular weight excluding hydrogens is 254 g/mol. The average molecular weight is 275 g/mol. The minimum absolute atomic E-state index is 0.634. The van der Waals surface area contributed by atoms with Crippen LogP contribution in [0.3, 0.4) is 0 Å². The van der Waals surface area contributed by atoms with E-state index in [1.807, 2.05) is 26.1 Å². The summed E-state index contributed by atoms with van der Waals surface area (Å²) in [5.74, 6) is 0.999. The zero-order valence-electron chi connectivity index (χ0n) is 12.0. The molecule has 108 valence electrons. The molecule has 1 aliphatic heterocycles. The molecule has 2 aromatic rings. The van der Waals surface area contributed by atoms with Crippen LogP contribution in [0.25, 0.3) is 11.0 Å². The quantitative estimate of drug-likeness (QED) is 0.869. The van der Waals surface area contributed by atoms with Gasteiger partial charge in [-0.25, -0.2) is 9.97 Å². The number of H-pyrrole nitrogens is 1. The first-order valence-electron chi connectivity index (χ1n) is 7.01. The second kappa shape index (κ2) is 5.03. The topological polar surface area (TPSA) is 68.3 Å². The first-order valence-corrected chi connectivity index (χ1v) is 7.01. The van der Waals surface area contributed by atoms with Crippen LogP contribution in [0.1, 0.15) is 13.8 Å². The van der Waals surface area contributed by atoms with Crippen molar-refractivity contribution in [1.29, 1.82) is 0 Å². The third-order valence-electron chi connectivity index (χ3n) is 3.62. The van der Waals surface area contributed by atoms with Crippen LogP contribution in [0.5, 0.6) is 0 Å². The number of piperazine rings is 1. The van der Waals surface area contributed by atoms with E-state index < -0.39 is 5.60 Å². The Labute approximate surface area is 118 Å². The summed E-state index contributed by atoms with van der Waals surface area (Å²) in [6.07, 6.45) is 3.50. The van der Waals surface area contributed by atoms with Crippen molar-refractivity contribution in [2.75, 3.05) is 37.6 Å². The van der Waals surface area contributed by atoms with E-state index in [1.165, 1.54) is 0 Å². The van der Waals surface area contributed by atoms with Crippen molar-refractivity contribution >= 4 is 16.9 Å². The molecule has 2 N–H and O–H groups in total. The standard InChI is InChI=1S/C14H21N5O/c1-14(2,20)9-18-5-7-19(8-6-18)13-11-3-4-15-12(11)16-10-17-13/h3-4,10,20H,5-9H2,1-2H3,(H,15,16,17). The summed E-state index contributed by atoms with van der Waals surface area (Å²) in [4.78, 5) is 16.4. The molecule has 0 aromatic carbocycles. The van der Waals surface area contributed by atoms with Gasteiger partial charge in [0.25, 0.3) is 0 Å². The SMILES string of the molecule is CC(C)(O)CN1CCN(c2ncnc3[nH]ccc23)CC1. The zero-order chi connectivity index (χ0) is 14.2. The molecular formula is C14H21N5O. The predicted octanol–water partition coefficient (Wildman–Crippen LogP) is 0.851. The van der Waals surface area contributed by atoms with Gasteiger partial charge in [-0.15, -0.1) is 0 Å². The van der Waals surface area contributed by atoms with E-state index in [2.05, 4.69) is 24.8 Å². The molecule has 2 aromatic heterocycles. The van der Waals surface area contributed by atoms with Crippen molar-refractivity contribution in [3.63, 3.8) is 0 Å². The fourth-order valence-corrected chi connectivity index (χ4v) is 2.78. The third-order valence-corrected chi connectivity index (χ3v) is 3.62. The lowest BCUT2D eigenvalue weighted by atomic mass is 10.1. The highest BCUT2D eigenvalue weighted by Crippen LogP contribution is 2.23. The van der Waals surface area contributed by atoms with E-state index in [0.29, 0.717) is 6.54 Å². The highest BCUT2D eigenvalue weighted by Gasteiger charge is 2.24. The van der Waals surface area contributed by atoms with E-state index in [0.717, 1.165) is 43.0 Å². The summed E-state index contributed by atoms with van der Waals surface area (Å²) in [7, 11) is 0. The molecule has 0 spiro atoms. The Morgan fingerprint density at radius 1 is 1.25 bits per heavy atom.